The van der Waals surface area contributed by atoms with Crippen LogP contribution >= 0.6 is 0 Å². The lowest BCUT2D eigenvalue weighted by atomic mass is 10.1. The lowest BCUT2D eigenvalue weighted by Crippen LogP contribution is -2.36. The van der Waals surface area contributed by atoms with E-state index in [1.807, 2.05) is 31.2 Å². The molecule has 0 saturated carbocycles. The number of hydrogen-bond donors (Lipinski definition) is 1. The van der Waals surface area contributed by atoms with Gasteiger partial charge in [0.25, 0.3) is 11.5 Å². The van der Waals surface area contributed by atoms with Crippen molar-refractivity contribution in [1.29, 1.82) is 0 Å². The van der Waals surface area contributed by atoms with Crippen molar-refractivity contribution in [2.24, 2.45) is 0 Å². The van der Waals surface area contributed by atoms with E-state index in [-0.39, 0.29) is 18.1 Å². The molecule has 1 N–H and O–H groups in total. The third-order valence-electron chi connectivity index (χ3n) is 4.69. The molecule has 0 aliphatic rings. The number of nitrogens with one attached hydrogen (secondary N) is 1. The molecule has 0 spiro atoms. The molecule has 144 valence electrons. The molecule has 0 radical (unpaired) electrons. The number of carbonyl (C=O) groups excluding carboxylic acids is 2. The minimum absolute atomic E-state index is 0.118. The van der Waals surface area contributed by atoms with E-state index in [4.69, 9.17) is 0 Å². The summed E-state index contributed by atoms with van der Waals surface area (Å²) in [7, 11) is 3.18. The minimum atomic E-state index is -0.411. The largest absolute Gasteiger partial charge is 0.354 e. The maximum Gasteiger partial charge on any atom is 0.275 e. The molecule has 0 unspecified atom stereocenters. The van der Waals surface area contributed by atoms with Gasteiger partial charge in [-0.05, 0) is 24.1 Å². The summed E-state index contributed by atoms with van der Waals surface area (Å²) in [5.41, 5.74) is 1.83. The lowest BCUT2D eigenvalue weighted by Gasteiger charge is -2.19. The molecular weight excluding hydrogens is 356 g/mol. The van der Waals surface area contributed by atoms with Gasteiger partial charge in [-0.1, -0.05) is 42.5 Å². The third kappa shape index (κ3) is 3.78. The zero-order valence-corrected chi connectivity index (χ0v) is 16.1. The van der Waals surface area contributed by atoms with E-state index in [0.717, 1.165) is 15.8 Å². The number of amides is 2. The van der Waals surface area contributed by atoms with Crippen LogP contribution in [-0.4, -0.2) is 40.6 Å². The summed E-state index contributed by atoms with van der Waals surface area (Å²) < 4.78 is 1.06. The van der Waals surface area contributed by atoms with E-state index in [1.54, 1.807) is 36.2 Å². The lowest BCUT2D eigenvalue weighted by molar-refractivity contribution is -0.131. The fourth-order valence-electron chi connectivity index (χ4n) is 3.01. The summed E-state index contributed by atoms with van der Waals surface area (Å²) in [4.78, 5) is 39.2. The molecule has 0 aliphatic heterocycles. The van der Waals surface area contributed by atoms with Gasteiger partial charge in [-0.2, -0.15) is 5.10 Å². The molecule has 28 heavy (non-hydrogen) atoms. The zero-order valence-electron chi connectivity index (χ0n) is 16.1. The molecule has 0 saturated heterocycles. The first-order valence-corrected chi connectivity index (χ1v) is 8.92. The summed E-state index contributed by atoms with van der Waals surface area (Å²) in [6, 6.07) is 14.6. The van der Waals surface area contributed by atoms with Crippen LogP contribution in [0.25, 0.3) is 10.8 Å². The molecule has 0 atom stereocenters. The SMILES string of the molecule is CNC(=O)c1nn(CC(=O)N(C)Cc2ccccc2C)c(=O)c2ccccc12. The predicted molar refractivity (Wildman–Crippen MR) is 107 cm³/mol. The van der Waals surface area contributed by atoms with Crippen molar-refractivity contribution >= 4 is 22.6 Å². The average molecular weight is 378 g/mol. The van der Waals surface area contributed by atoms with E-state index in [0.29, 0.717) is 17.3 Å². The smallest absolute Gasteiger partial charge is 0.275 e. The van der Waals surface area contributed by atoms with E-state index in [1.165, 1.54) is 7.05 Å². The topological polar surface area (TPSA) is 84.3 Å². The Morgan fingerprint density at radius 3 is 2.39 bits per heavy atom. The van der Waals surface area contributed by atoms with Crippen LogP contribution < -0.4 is 10.9 Å². The Morgan fingerprint density at radius 2 is 1.71 bits per heavy atom. The molecule has 2 aromatic carbocycles. The maximum absolute atomic E-state index is 12.8. The Hall–Kier alpha value is -3.48. The molecule has 2 amide bonds. The van der Waals surface area contributed by atoms with E-state index < -0.39 is 11.5 Å². The predicted octanol–water partition coefficient (Wildman–Crippen LogP) is 1.72. The molecule has 1 heterocycles. The van der Waals surface area contributed by atoms with Gasteiger partial charge in [-0.25, -0.2) is 4.68 Å². The van der Waals surface area contributed by atoms with Gasteiger partial charge in [0, 0.05) is 26.0 Å². The van der Waals surface area contributed by atoms with Crippen LogP contribution in [0.5, 0.6) is 0 Å². The summed E-state index contributed by atoms with van der Waals surface area (Å²) in [5, 5.41) is 7.50. The van der Waals surface area contributed by atoms with Crippen LogP contribution in [0.15, 0.2) is 53.3 Å². The Labute approximate surface area is 162 Å². The van der Waals surface area contributed by atoms with Gasteiger partial charge in [0.05, 0.1) is 5.39 Å². The van der Waals surface area contributed by atoms with Gasteiger partial charge in [0.15, 0.2) is 5.69 Å². The van der Waals surface area contributed by atoms with Gasteiger partial charge < -0.3 is 10.2 Å². The van der Waals surface area contributed by atoms with E-state index in [2.05, 4.69) is 10.4 Å². The molecule has 3 rings (SSSR count). The van der Waals surface area contributed by atoms with E-state index >= 15 is 0 Å². The zero-order chi connectivity index (χ0) is 20.3. The highest BCUT2D eigenvalue weighted by Gasteiger charge is 2.18. The molecule has 1 aromatic heterocycles. The fraction of sp³-hybridized carbons (Fsp3) is 0.238. The van der Waals surface area contributed by atoms with Crippen LogP contribution in [0.4, 0.5) is 0 Å². The highest BCUT2D eigenvalue weighted by atomic mass is 16.2. The van der Waals surface area contributed by atoms with Crippen molar-refractivity contribution in [3.8, 4) is 0 Å². The fourth-order valence-corrected chi connectivity index (χ4v) is 3.01. The van der Waals surface area contributed by atoms with Crippen LogP contribution in [-0.2, 0) is 17.9 Å². The molecular formula is C21H22N4O3. The average Bonchev–Trinajstić information content (AvgIpc) is 2.71. The molecule has 7 nitrogen and oxygen atoms in total. The van der Waals surface area contributed by atoms with Crippen molar-refractivity contribution < 1.29 is 9.59 Å². The normalized spacial score (nSPS) is 10.7. The molecule has 0 bridgehead atoms. The Balaban J connectivity index is 1.92. The van der Waals surface area contributed by atoms with Crippen LogP contribution in [0.2, 0.25) is 0 Å². The van der Waals surface area contributed by atoms with E-state index in [9.17, 15) is 14.4 Å². The number of nitrogens with zero attached hydrogens (tertiary/aromatic N) is 3. The second kappa shape index (κ2) is 8.04. The van der Waals surface area contributed by atoms with Gasteiger partial charge in [0.1, 0.15) is 6.54 Å². The van der Waals surface area contributed by atoms with Crippen molar-refractivity contribution in [1.82, 2.24) is 20.0 Å². The number of fused-ring (bicyclic) bond motifs is 1. The Bertz CT molecular complexity index is 1100. The summed E-state index contributed by atoms with van der Waals surface area (Å²) in [6.45, 7) is 2.17. The summed E-state index contributed by atoms with van der Waals surface area (Å²) in [6.07, 6.45) is 0. The third-order valence-corrected chi connectivity index (χ3v) is 4.69. The number of likely N-dealkylation sites (N-methyl/N-ethyl adjacent to an activating group) is 1. The quantitative estimate of drug-likeness (QED) is 0.733. The number of hydrogen-bond acceptors (Lipinski definition) is 4. The number of benzene rings is 2. The Morgan fingerprint density at radius 1 is 1.07 bits per heavy atom. The van der Waals surface area contributed by atoms with Gasteiger partial charge in [0.2, 0.25) is 5.91 Å². The van der Waals surface area contributed by atoms with Crippen LogP contribution in [0, 0.1) is 6.92 Å². The highest BCUT2D eigenvalue weighted by molar-refractivity contribution is 6.04. The van der Waals surface area contributed by atoms with Crippen LogP contribution in [0.1, 0.15) is 21.6 Å². The van der Waals surface area contributed by atoms with Crippen molar-refractivity contribution in [3.05, 3.63) is 75.7 Å². The minimum Gasteiger partial charge on any atom is -0.354 e. The van der Waals surface area contributed by atoms with Gasteiger partial charge in [-0.3, -0.25) is 14.4 Å². The van der Waals surface area contributed by atoms with Crippen molar-refractivity contribution in [3.63, 3.8) is 0 Å². The number of aromatic nitrogens is 2. The number of rotatable bonds is 5. The van der Waals surface area contributed by atoms with Crippen LogP contribution in [0.3, 0.4) is 0 Å². The number of aryl methyl sites for hydroxylation is 1. The second-order valence-electron chi connectivity index (χ2n) is 6.61. The summed E-state index contributed by atoms with van der Waals surface area (Å²) >= 11 is 0. The van der Waals surface area contributed by atoms with Gasteiger partial charge in [-0.15, -0.1) is 0 Å². The molecule has 7 heteroatoms. The molecule has 0 fully saturated rings. The first-order valence-electron chi connectivity index (χ1n) is 8.92. The Kier molecular flexibility index (Phi) is 5.54. The first kappa shape index (κ1) is 19.3. The second-order valence-corrected chi connectivity index (χ2v) is 6.61. The number of carbonyl (C=O) groups is 2. The van der Waals surface area contributed by atoms with Crippen molar-refractivity contribution in [2.75, 3.05) is 14.1 Å². The molecule has 0 aliphatic carbocycles. The maximum atomic E-state index is 12.8. The highest BCUT2D eigenvalue weighted by Crippen LogP contribution is 2.14. The van der Waals surface area contributed by atoms with Crippen molar-refractivity contribution in [2.45, 2.75) is 20.0 Å². The summed E-state index contributed by atoms with van der Waals surface area (Å²) in [5.74, 6) is -0.679. The van der Waals surface area contributed by atoms with Gasteiger partial charge >= 0.3 is 0 Å². The monoisotopic (exact) mass is 378 g/mol. The standard InChI is InChI=1S/C21H22N4O3/c1-14-8-4-5-9-15(14)12-24(3)18(26)13-25-21(28)17-11-7-6-10-16(17)19(23-25)20(27)22-2/h4-11H,12-13H2,1-3H3,(H,22,27). The first-order chi connectivity index (χ1) is 13.4. The molecule has 3 aromatic rings.